The van der Waals surface area contributed by atoms with Gasteiger partial charge in [0.15, 0.2) is 0 Å². The zero-order valence-electron chi connectivity index (χ0n) is 8.48. The van der Waals surface area contributed by atoms with Gasteiger partial charge in [0.1, 0.15) is 0 Å². The first-order valence-electron chi connectivity index (χ1n) is 4.20. The van der Waals surface area contributed by atoms with Gasteiger partial charge in [-0.25, -0.2) is 8.42 Å². The molecule has 0 saturated carbocycles. The Morgan fingerprint density at radius 3 is 2.64 bits per heavy atom. The molecule has 1 rings (SSSR count). The highest BCUT2D eigenvalue weighted by Crippen LogP contribution is 2.21. The topological polar surface area (TPSA) is 58.5 Å². The van der Waals surface area contributed by atoms with Crippen molar-refractivity contribution in [2.24, 2.45) is 10.4 Å². The molecular weight excluding hydrogens is 200 g/mol. The van der Waals surface area contributed by atoms with E-state index in [1.54, 1.807) is 6.20 Å². The van der Waals surface area contributed by atoms with Crippen LogP contribution in [0.3, 0.4) is 0 Å². The summed E-state index contributed by atoms with van der Waals surface area (Å²) in [4.78, 5) is 3.93. The summed E-state index contributed by atoms with van der Waals surface area (Å²) in [7, 11) is -3.23. The minimum absolute atomic E-state index is 0.191. The molecule has 0 bridgehead atoms. The van der Waals surface area contributed by atoms with Gasteiger partial charge < -0.3 is 0 Å². The van der Waals surface area contributed by atoms with Crippen LogP contribution in [0.5, 0.6) is 0 Å². The predicted octanol–water partition coefficient (Wildman–Crippen LogP) is 1.04. The van der Waals surface area contributed by atoms with Crippen LogP contribution in [0.25, 0.3) is 0 Å². The standard InChI is InChI=1S/C9H14N2O2S/c1-9(2)4-5-10-7-8(6-9)11-14(3,12)13/h4-7,11H,1-3H3. The SMILES string of the molecule is CC1(C)C=CN=CC(NS(C)(=O)=O)=C1. The lowest BCUT2D eigenvalue weighted by Gasteiger charge is -2.14. The van der Waals surface area contributed by atoms with Gasteiger partial charge in [-0.2, -0.15) is 0 Å². The van der Waals surface area contributed by atoms with Crippen molar-refractivity contribution >= 4 is 16.2 Å². The van der Waals surface area contributed by atoms with Gasteiger partial charge >= 0.3 is 0 Å². The second-order valence-electron chi connectivity index (χ2n) is 3.89. The maximum Gasteiger partial charge on any atom is 0.229 e. The molecule has 0 fully saturated rings. The van der Waals surface area contributed by atoms with Crippen molar-refractivity contribution in [1.29, 1.82) is 0 Å². The normalized spacial score (nSPS) is 20.1. The number of sulfonamides is 1. The zero-order chi connectivity index (χ0) is 10.8. The van der Waals surface area contributed by atoms with Crippen molar-refractivity contribution < 1.29 is 8.42 Å². The van der Waals surface area contributed by atoms with Crippen LogP contribution in [0.2, 0.25) is 0 Å². The molecule has 1 N–H and O–H groups in total. The first kappa shape index (κ1) is 11.0. The van der Waals surface area contributed by atoms with Crippen LogP contribution in [0.1, 0.15) is 13.8 Å². The molecule has 0 atom stereocenters. The largest absolute Gasteiger partial charge is 0.283 e. The summed E-state index contributed by atoms with van der Waals surface area (Å²) in [5.41, 5.74) is 0.311. The Morgan fingerprint density at radius 1 is 1.43 bits per heavy atom. The number of nitrogens with one attached hydrogen (secondary N) is 1. The summed E-state index contributed by atoms with van der Waals surface area (Å²) >= 11 is 0. The lowest BCUT2D eigenvalue weighted by Crippen LogP contribution is -2.23. The van der Waals surface area contributed by atoms with Crippen molar-refractivity contribution in [3.8, 4) is 0 Å². The Bertz CT molecular complexity index is 403. The van der Waals surface area contributed by atoms with E-state index in [0.29, 0.717) is 5.70 Å². The molecule has 1 aliphatic heterocycles. The number of rotatable bonds is 2. The molecule has 0 aromatic heterocycles. The molecule has 0 amide bonds. The van der Waals surface area contributed by atoms with Crippen molar-refractivity contribution in [2.45, 2.75) is 13.8 Å². The first-order valence-corrected chi connectivity index (χ1v) is 6.09. The molecule has 0 unspecified atom stereocenters. The first-order chi connectivity index (χ1) is 6.29. The smallest absolute Gasteiger partial charge is 0.229 e. The average molecular weight is 214 g/mol. The summed E-state index contributed by atoms with van der Waals surface area (Å²) in [5.74, 6) is 0. The predicted molar refractivity (Wildman–Crippen MR) is 57.5 cm³/mol. The van der Waals surface area contributed by atoms with E-state index in [1.165, 1.54) is 6.21 Å². The molecule has 1 aliphatic rings. The van der Waals surface area contributed by atoms with E-state index in [2.05, 4.69) is 9.71 Å². The van der Waals surface area contributed by atoms with Crippen LogP contribution in [-0.4, -0.2) is 20.9 Å². The fourth-order valence-corrected chi connectivity index (χ4v) is 1.65. The molecular formula is C9H14N2O2S. The third-order valence-corrected chi connectivity index (χ3v) is 2.24. The van der Waals surface area contributed by atoms with Crippen molar-refractivity contribution in [2.75, 3.05) is 6.26 Å². The average Bonchev–Trinajstić information content (AvgIpc) is 2.06. The van der Waals surface area contributed by atoms with E-state index < -0.39 is 10.0 Å². The van der Waals surface area contributed by atoms with E-state index in [1.807, 2.05) is 26.0 Å². The van der Waals surface area contributed by atoms with Crippen LogP contribution in [-0.2, 0) is 10.0 Å². The van der Waals surface area contributed by atoms with Gasteiger partial charge in [0.25, 0.3) is 0 Å². The minimum atomic E-state index is -3.23. The summed E-state index contributed by atoms with van der Waals surface area (Å²) in [6.45, 7) is 3.95. The molecule has 14 heavy (non-hydrogen) atoms. The van der Waals surface area contributed by atoms with Gasteiger partial charge in [-0.05, 0) is 6.08 Å². The van der Waals surface area contributed by atoms with Crippen molar-refractivity contribution in [3.63, 3.8) is 0 Å². The lowest BCUT2D eigenvalue weighted by molar-refractivity contribution is 0.593. The van der Waals surface area contributed by atoms with Gasteiger partial charge in [0, 0.05) is 11.6 Å². The van der Waals surface area contributed by atoms with E-state index in [4.69, 9.17) is 0 Å². The highest BCUT2D eigenvalue weighted by Gasteiger charge is 2.14. The van der Waals surface area contributed by atoms with Crippen LogP contribution < -0.4 is 4.72 Å². The fraction of sp³-hybridized carbons (Fsp3) is 0.444. The molecule has 0 radical (unpaired) electrons. The monoisotopic (exact) mass is 214 g/mol. The molecule has 0 spiro atoms. The van der Waals surface area contributed by atoms with E-state index in [0.717, 1.165) is 6.26 Å². The minimum Gasteiger partial charge on any atom is -0.283 e. The van der Waals surface area contributed by atoms with Crippen LogP contribution in [0.15, 0.2) is 29.0 Å². The molecule has 0 aromatic carbocycles. The Balaban J connectivity index is 2.95. The highest BCUT2D eigenvalue weighted by atomic mass is 32.2. The maximum absolute atomic E-state index is 11.0. The van der Waals surface area contributed by atoms with Crippen molar-refractivity contribution in [3.05, 3.63) is 24.0 Å². The number of hydrogen-bond donors (Lipinski definition) is 1. The molecule has 4 nitrogen and oxygen atoms in total. The Hall–Kier alpha value is -1.10. The third-order valence-electron chi connectivity index (χ3n) is 1.63. The highest BCUT2D eigenvalue weighted by molar-refractivity contribution is 7.88. The van der Waals surface area contributed by atoms with Crippen LogP contribution in [0, 0.1) is 5.41 Å². The number of aliphatic imine (C=N–C) groups is 1. The second-order valence-corrected chi connectivity index (χ2v) is 5.64. The molecule has 5 heteroatoms. The molecule has 0 saturated heterocycles. The van der Waals surface area contributed by atoms with Crippen molar-refractivity contribution in [1.82, 2.24) is 4.72 Å². The summed E-state index contributed by atoms with van der Waals surface area (Å²) < 4.78 is 24.4. The molecule has 0 aliphatic carbocycles. The van der Waals surface area contributed by atoms with E-state index in [9.17, 15) is 8.42 Å². The number of nitrogens with zero attached hydrogens (tertiary/aromatic N) is 1. The molecule has 1 heterocycles. The van der Waals surface area contributed by atoms with Crippen LogP contribution in [0.4, 0.5) is 0 Å². The van der Waals surface area contributed by atoms with E-state index in [-0.39, 0.29) is 5.41 Å². The fourth-order valence-electron chi connectivity index (χ4n) is 1.11. The summed E-state index contributed by atoms with van der Waals surface area (Å²) in [6.07, 6.45) is 7.99. The van der Waals surface area contributed by atoms with Gasteiger partial charge in [0.05, 0.1) is 18.2 Å². The summed E-state index contributed by atoms with van der Waals surface area (Å²) in [6, 6.07) is 0. The third kappa shape index (κ3) is 3.74. The molecule has 78 valence electrons. The quantitative estimate of drug-likeness (QED) is 0.746. The van der Waals surface area contributed by atoms with Gasteiger partial charge in [-0.1, -0.05) is 19.9 Å². The Labute approximate surface area is 84.5 Å². The zero-order valence-corrected chi connectivity index (χ0v) is 9.30. The Morgan fingerprint density at radius 2 is 2.07 bits per heavy atom. The van der Waals surface area contributed by atoms with E-state index >= 15 is 0 Å². The van der Waals surface area contributed by atoms with Gasteiger partial charge in [0.2, 0.25) is 10.0 Å². The summed E-state index contributed by atoms with van der Waals surface area (Å²) in [5, 5.41) is 0. The van der Waals surface area contributed by atoms with Gasteiger partial charge in [-0.3, -0.25) is 9.71 Å². The lowest BCUT2D eigenvalue weighted by atomic mass is 9.93. The maximum atomic E-state index is 11.0. The van der Waals surface area contributed by atoms with Gasteiger partial charge in [-0.15, -0.1) is 0 Å². The van der Waals surface area contributed by atoms with Crippen LogP contribution >= 0.6 is 0 Å². The number of allylic oxidation sites excluding steroid dienone is 3. The Kier molecular flexibility index (Phi) is 2.80. The molecule has 0 aromatic rings. The number of hydrogen-bond acceptors (Lipinski definition) is 3. The second kappa shape index (κ2) is 3.57.